The van der Waals surface area contributed by atoms with Crippen molar-refractivity contribution in [1.29, 1.82) is 0 Å². The molecule has 0 saturated heterocycles. The number of hydrogen-bond acceptors (Lipinski definition) is 0. The summed E-state index contributed by atoms with van der Waals surface area (Å²) in [6, 6.07) is 0. The Kier molecular flexibility index (Phi) is 0.482. The topological polar surface area (TPSA) is 0 Å². The van der Waals surface area contributed by atoms with Crippen LogP contribution in [0.15, 0.2) is 0 Å². The number of fused-ring (bicyclic) bond motifs is 3. The standard InChI is InChI=1S/C8H12/c1-2-7-5(1)3-6-4-8(6)7/h5-8H,1-4H2/t5?,6-,7?,8?/m1/s1. The minimum absolute atomic E-state index is 1.22. The van der Waals surface area contributed by atoms with Crippen molar-refractivity contribution in [2.75, 3.05) is 0 Å². The summed E-state index contributed by atoms with van der Waals surface area (Å²) < 4.78 is 0. The quantitative estimate of drug-likeness (QED) is 0.445. The van der Waals surface area contributed by atoms with E-state index >= 15 is 0 Å². The largest absolute Gasteiger partial charge is 0.0499 e. The van der Waals surface area contributed by atoms with E-state index in [1.54, 1.807) is 25.7 Å². The Labute approximate surface area is 50.3 Å². The molecule has 3 saturated carbocycles. The molecular weight excluding hydrogens is 96.1 g/mol. The molecule has 0 aromatic carbocycles. The minimum atomic E-state index is 1.22. The second-order valence-electron chi connectivity index (χ2n) is 3.90. The predicted molar refractivity (Wildman–Crippen MR) is 32.4 cm³/mol. The van der Waals surface area contributed by atoms with Crippen molar-refractivity contribution < 1.29 is 0 Å². The lowest BCUT2D eigenvalue weighted by atomic mass is 9.73. The van der Waals surface area contributed by atoms with Crippen molar-refractivity contribution in [2.45, 2.75) is 25.7 Å². The van der Waals surface area contributed by atoms with Gasteiger partial charge in [0.2, 0.25) is 0 Å². The van der Waals surface area contributed by atoms with Crippen molar-refractivity contribution >= 4 is 0 Å². The van der Waals surface area contributed by atoms with Crippen LogP contribution in [0.5, 0.6) is 0 Å². The Morgan fingerprint density at radius 2 is 1.75 bits per heavy atom. The van der Waals surface area contributed by atoms with Gasteiger partial charge < -0.3 is 0 Å². The van der Waals surface area contributed by atoms with E-state index in [1.165, 1.54) is 23.7 Å². The van der Waals surface area contributed by atoms with E-state index in [0.717, 1.165) is 0 Å². The molecule has 0 bridgehead atoms. The fourth-order valence-electron chi connectivity index (χ4n) is 2.91. The van der Waals surface area contributed by atoms with Gasteiger partial charge in [0.1, 0.15) is 0 Å². The highest BCUT2D eigenvalue weighted by atomic mass is 14.6. The van der Waals surface area contributed by atoms with Crippen LogP contribution in [-0.4, -0.2) is 0 Å². The van der Waals surface area contributed by atoms with Crippen LogP contribution in [0.2, 0.25) is 0 Å². The van der Waals surface area contributed by atoms with Crippen LogP contribution in [0, 0.1) is 23.7 Å². The highest BCUT2D eigenvalue weighted by molar-refractivity contribution is 5.05. The molecule has 0 heteroatoms. The molecule has 3 fully saturated rings. The van der Waals surface area contributed by atoms with Crippen LogP contribution in [0.3, 0.4) is 0 Å². The molecule has 0 spiro atoms. The monoisotopic (exact) mass is 108 g/mol. The van der Waals surface area contributed by atoms with Crippen LogP contribution in [0.1, 0.15) is 25.7 Å². The van der Waals surface area contributed by atoms with Gasteiger partial charge in [0.05, 0.1) is 0 Å². The lowest BCUT2D eigenvalue weighted by Gasteiger charge is -2.32. The van der Waals surface area contributed by atoms with Gasteiger partial charge in [-0.15, -0.1) is 0 Å². The fraction of sp³-hybridized carbons (Fsp3) is 1.00. The molecule has 4 atom stereocenters. The lowest BCUT2D eigenvalue weighted by Crippen LogP contribution is -2.22. The van der Waals surface area contributed by atoms with E-state index in [4.69, 9.17) is 0 Å². The highest BCUT2D eigenvalue weighted by Gasteiger charge is 2.56. The second kappa shape index (κ2) is 0.984. The first-order chi connectivity index (χ1) is 3.95. The average molecular weight is 108 g/mol. The van der Waals surface area contributed by atoms with Crippen LogP contribution in [-0.2, 0) is 0 Å². The molecule has 3 unspecified atom stereocenters. The zero-order valence-corrected chi connectivity index (χ0v) is 5.14. The van der Waals surface area contributed by atoms with Crippen molar-refractivity contribution in [3.63, 3.8) is 0 Å². The highest BCUT2D eigenvalue weighted by Crippen LogP contribution is 2.65. The summed E-state index contributed by atoms with van der Waals surface area (Å²) in [5.74, 6) is 4.93. The van der Waals surface area contributed by atoms with Crippen LogP contribution >= 0.6 is 0 Å². The summed E-state index contributed by atoms with van der Waals surface area (Å²) in [5.41, 5.74) is 0. The Hall–Kier alpha value is 0. The molecule has 0 amide bonds. The normalized spacial score (nSPS) is 66.0. The maximum absolute atomic E-state index is 1.62. The predicted octanol–water partition coefficient (Wildman–Crippen LogP) is 2.05. The summed E-state index contributed by atoms with van der Waals surface area (Å²) in [6.07, 6.45) is 6.40. The molecule has 3 aliphatic rings. The van der Waals surface area contributed by atoms with Gasteiger partial charge >= 0.3 is 0 Å². The van der Waals surface area contributed by atoms with Gasteiger partial charge in [-0.05, 0) is 49.4 Å². The van der Waals surface area contributed by atoms with Crippen molar-refractivity contribution in [3.8, 4) is 0 Å². The van der Waals surface area contributed by atoms with Crippen molar-refractivity contribution in [2.24, 2.45) is 23.7 Å². The van der Waals surface area contributed by atoms with E-state index in [1.807, 2.05) is 0 Å². The van der Waals surface area contributed by atoms with E-state index in [0.29, 0.717) is 0 Å². The van der Waals surface area contributed by atoms with Crippen LogP contribution < -0.4 is 0 Å². The maximum atomic E-state index is 1.62. The molecule has 44 valence electrons. The minimum Gasteiger partial charge on any atom is -0.0499 e. The third-order valence-corrected chi connectivity index (χ3v) is 3.61. The Morgan fingerprint density at radius 1 is 0.750 bits per heavy atom. The Balaban J connectivity index is 1.92. The zero-order chi connectivity index (χ0) is 5.14. The van der Waals surface area contributed by atoms with E-state index < -0.39 is 0 Å². The summed E-state index contributed by atoms with van der Waals surface area (Å²) in [6.45, 7) is 0. The smallest absolute Gasteiger partial charge is 0.0352 e. The Bertz CT molecular complexity index is 124. The molecule has 0 aliphatic heterocycles. The van der Waals surface area contributed by atoms with Crippen LogP contribution in [0.4, 0.5) is 0 Å². The zero-order valence-electron chi connectivity index (χ0n) is 5.14. The molecule has 0 nitrogen and oxygen atoms in total. The Morgan fingerprint density at radius 3 is 2.12 bits per heavy atom. The number of hydrogen-bond donors (Lipinski definition) is 0. The van der Waals surface area contributed by atoms with Gasteiger partial charge in [-0.3, -0.25) is 0 Å². The molecule has 3 rings (SSSR count). The fourth-order valence-corrected chi connectivity index (χ4v) is 2.91. The van der Waals surface area contributed by atoms with Crippen LogP contribution in [0.25, 0.3) is 0 Å². The number of rotatable bonds is 0. The van der Waals surface area contributed by atoms with Crippen molar-refractivity contribution in [3.05, 3.63) is 0 Å². The van der Waals surface area contributed by atoms with Gasteiger partial charge in [0.15, 0.2) is 0 Å². The molecule has 3 aliphatic carbocycles. The van der Waals surface area contributed by atoms with E-state index in [-0.39, 0.29) is 0 Å². The first-order valence-corrected chi connectivity index (χ1v) is 3.95. The van der Waals surface area contributed by atoms with E-state index in [9.17, 15) is 0 Å². The third kappa shape index (κ3) is 0.284. The first kappa shape index (κ1) is 3.92. The molecule has 0 N–H and O–H groups in total. The molecule has 0 heterocycles. The summed E-state index contributed by atoms with van der Waals surface area (Å²) in [7, 11) is 0. The first-order valence-electron chi connectivity index (χ1n) is 3.95. The second-order valence-corrected chi connectivity index (χ2v) is 3.90. The van der Waals surface area contributed by atoms with E-state index in [2.05, 4.69) is 0 Å². The van der Waals surface area contributed by atoms with Gasteiger partial charge in [0.25, 0.3) is 0 Å². The average Bonchev–Trinajstić information content (AvgIpc) is 2.34. The SMILES string of the molecule is C1CC2C1C[C@@H]1CC21. The van der Waals surface area contributed by atoms with Gasteiger partial charge in [-0.25, -0.2) is 0 Å². The molecular formula is C8H12. The summed E-state index contributed by atoms with van der Waals surface area (Å²) in [4.78, 5) is 0. The molecule has 0 aromatic rings. The molecule has 8 heavy (non-hydrogen) atoms. The maximum Gasteiger partial charge on any atom is -0.0352 e. The lowest BCUT2D eigenvalue weighted by molar-refractivity contribution is 0.182. The molecule has 0 radical (unpaired) electrons. The van der Waals surface area contributed by atoms with Gasteiger partial charge in [0, 0.05) is 0 Å². The molecule has 0 aromatic heterocycles. The third-order valence-electron chi connectivity index (χ3n) is 3.61. The van der Waals surface area contributed by atoms with Gasteiger partial charge in [-0.1, -0.05) is 0 Å². The summed E-state index contributed by atoms with van der Waals surface area (Å²) in [5, 5.41) is 0. The van der Waals surface area contributed by atoms with Gasteiger partial charge in [-0.2, -0.15) is 0 Å². The van der Waals surface area contributed by atoms with Crippen molar-refractivity contribution in [1.82, 2.24) is 0 Å². The summed E-state index contributed by atoms with van der Waals surface area (Å²) >= 11 is 0.